The summed E-state index contributed by atoms with van der Waals surface area (Å²) in [7, 11) is 2.12. The maximum absolute atomic E-state index is 11.0. The Kier molecular flexibility index (Phi) is 2.87. The number of aromatic nitrogens is 2. The number of H-pyrrole nitrogens is 1. The number of carboxylic acid groups (broad SMARTS) is 1. The highest BCUT2D eigenvalue weighted by Gasteiger charge is 2.17. The molecule has 0 saturated carbocycles. The van der Waals surface area contributed by atoms with Gasteiger partial charge in [-0.2, -0.15) is 5.10 Å². The van der Waals surface area contributed by atoms with Crippen molar-refractivity contribution in [1.29, 1.82) is 0 Å². The van der Waals surface area contributed by atoms with Crippen molar-refractivity contribution in [2.75, 3.05) is 38.1 Å². The molecule has 6 nitrogen and oxygen atoms in total. The number of carboxylic acids is 1. The summed E-state index contributed by atoms with van der Waals surface area (Å²) in [5.41, 5.74) is 1.97. The highest BCUT2D eigenvalue weighted by Crippen LogP contribution is 2.23. The van der Waals surface area contributed by atoms with E-state index in [0.717, 1.165) is 37.4 Å². The second-order valence-electron chi connectivity index (χ2n) is 4.90. The van der Waals surface area contributed by atoms with Gasteiger partial charge in [0.25, 0.3) is 0 Å². The SMILES string of the molecule is CN1CCN(c2ccc3c(C(=O)O)n[nH]c3c2)CC1. The van der Waals surface area contributed by atoms with Crippen molar-refractivity contribution in [3.63, 3.8) is 0 Å². The van der Waals surface area contributed by atoms with Gasteiger partial charge in [0.05, 0.1) is 5.52 Å². The highest BCUT2D eigenvalue weighted by atomic mass is 16.4. The van der Waals surface area contributed by atoms with E-state index in [1.807, 2.05) is 18.2 Å². The molecule has 2 aromatic rings. The smallest absolute Gasteiger partial charge is 0.357 e. The molecule has 0 atom stereocenters. The lowest BCUT2D eigenvalue weighted by molar-refractivity contribution is 0.0692. The molecule has 1 aromatic heterocycles. The molecule has 100 valence electrons. The summed E-state index contributed by atoms with van der Waals surface area (Å²) >= 11 is 0. The minimum Gasteiger partial charge on any atom is -0.476 e. The van der Waals surface area contributed by atoms with Crippen molar-refractivity contribution in [2.45, 2.75) is 0 Å². The Morgan fingerprint density at radius 1 is 1.32 bits per heavy atom. The molecule has 1 aromatic carbocycles. The van der Waals surface area contributed by atoms with Crippen LogP contribution in [0.5, 0.6) is 0 Å². The first-order valence-electron chi connectivity index (χ1n) is 6.30. The Bertz CT molecular complexity index is 614. The number of rotatable bonds is 2. The van der Waals surface area contributed by atoms with Crippen LogP contribution < -0.4 is 4.90 Å². The summed E-state index contributed by atoms with van der Waals surface area (Å²) in [4.78, 5) is 15.6. The number of anilines is 1. The largest absolute Gasteiger partial charge is 0.476 e. The van der Waals surface area contributed by atoms with Crippen LogP contribution in [0.25, 0.3) is 10.9 Å². The van der Waals surface area contributed by atoms with Crippen molar-refractivity contribution < 1.29 is 9.90 Å². The Morgan fingerprint density at radius 3 is 2.74 bits per heavy atom. The van der Waals surface area contributed by atoms with Crippen LogP contribution in [-0.4, -0.2) is 59.4 Å². The minimum atomic E-state index is -1.00. The van der Waals surface area contributed by atoms with E-state index in [9.17, 15) is 4.79 Å². The van der Waals surface area contributed by atoms with E-state index >= 15 is 0 Å². The Hall–Kier alpha value is -2.08. The van der Waals surface area contributed by atoms with Crippen molar-refractivity contribution >= 4 is 22.6 Å². The lowest BCUT2D eigenvalue weighted by Gasteiger charge is -2.34. The Balaban J connectivity index is 1.92. The molecule has 1 aliphatic rings. The Labute approximate surface area is 110 Å². The average Bonchev–Trinajstić information content (AvgIpc) is 2.82. The number of aromatic amines is 1. The number of fused-ring (bicyclic) bond motifs is 1. The van der Waals surface area contributed by atoms with Crippen molar-refractivity contribution in [3.05, 3.63) is 23.9 Å². The summed E-state index contributed by atoms with van der Waals surface area (Å²) in [6.07, 6.45) is 0. The normalized spacial score (nSPS) is 17.0. The van der Waals surface area contributed by atoms with Gasteiger partial charge in [0, 0.05) is 37.3 Å². The second kappa shape index (κ2) is 4.55. The van der Waals surface area contributed by atoms with Crippen molar-refractivity contribution in [3.8, 4) is 0 Å². The van der Waals surface area contributed by atoms with Crippen LogP contribution >= 0.6 is 0 Å². The summed E-state index contributed by atoms with van der Waals surface area (Å²) < 4.78 is 0. The molecule has 0 bridgehead atoms. The molecule has 0 radical (unpaired) electrons. The summed E-state index contributed by atoms with van der Waals surface area (Å²) in [5.74, 6) is -1.00. The number of aromatic carboxylic acids is 1. The number of hydrogen-bond donors (Lipinski definition) is 2. The molecule has 0 unspecified atom stereocenters. The maximum Gasteiger partial charge on any atom is 0.357 e. The number of benzene rings is 1. The summed E-state index contributed by atoms with van der Waals surface area (Å²) in [6, 6.07) is 5.77. The lowest BCUT2D eigenvalue weighted by atomic mass is 10.1. The van der Waals surface area contributed by atoms with Crippen LogP contribution in [0.1, 0.15) is 10.5 Å². The molecule has 2 heterocycles. The predicted molar refractivity (Wildman–Crippen MR) is 72.8 cm³/mol. The van der Waals surface area contributed by atoms with Gasteiger partial charge in [0.15, 0.2) is 5.69 Å². The van der Waals surface area contributed by atoms with E-state index in [0.29, 0.717) is 5.39 Å². The average molecular weight is 260 g/mol. The van der Waals surface area contributed by atoms with Crippen LogP contribution in [0.4, 0.5) is 5.69 Å². The molecule has 0 amide bonds. The first kappa shape index (κ1) is 12.0. The lowest BCUT2D eigenvalue weighted by Crippen LogP contribution is -2.44. The molecule has 2 N–H and O–H groups in total. The van der Waals surface area contributed by atoms with E-state index in [2.05, 4.69) is 27.0 Å². The third kappa shape index (κ3) is 2.15. The predicted octanol–water partition coefficient (Wildman–Crippen LogP) is 1.01. The fourth-order valence-corrected chi connectivity index (χ4v) is 2.43. The topological polar surface area (TPSA) is 72.5 Å². The van der Waals surface area contributed by atoms with Gasteiger partial charge in [-0.1, -0.05) is 0 Å². The first-order chi connectivity index (χ1) is 9.15. The number of likely N-dealkylation sites (N-methyl/N-ethyl adjacent to an activating group) is 1. The van der Waals surface area contributed by atoms with E-state index in [-0.39, 0.29) is 5.69 Å². The van der Waals surface area contributed by atoms with E-state index < -0.39 is 5.97 Å². The third-order valence-electron chi connectivity index (χ3n) is 3.62. The van der Waals surface area contributed by atoms with Crippen LogP contribution in [0.3, 0.4) is 0 Å². The molecule has 3 rings (SSSR count). The number of piperazine rings is 1. The molecule has 1 saturated heterocycles. The van der Waals surface area contributed by atoms with Gasteiger partial charge in [-0.05, 0) is 25.2 Å². The summed E-state index contributed by atoms with van der Waals surface area (Å²) in [6.45, 7) is 4.06. The number of carbonyl (C=O) groups is 1. The van der Waals surface area contributed by atoms with Gasteiger partial charge in [-0.3, -0.25) is 5.10 Å². The van der Waals surface area contributed by atoms with Gasteiger partial charge in [-0.15, -0.1) is 0 Å². The quantitative estimate of drug-likeness (QED) is 0.843. The highest BCUT2D eigenvalue weighted by molar-refractivity contribution is 6.01. The molecule has 0 aliphatic carbocycles. The van der Waals surface area contributed by atoms with Gasteiger partial charge < -0.3 is 14.9 Å². The molecule has 0 spiro atoms. The van der Waals surface area contributed by atoms with E-state index in [1.165, 1.54) is 0 Å². The minimum absolute atomic E-state index is 0.0833. The van der Waals surface area contributed by atoms with Gasteiger partial charge >= 0.3 is 5.97 Å². The van der Waals surface area contributed by atoms with Gasteiger partial charge in [0.2, 0.25) is 0 Å². The summed E-state index contributed by atoms with van der Waals surface area (Å²) in [5, 5.41) is 16.3. The van der Waals surface area contributed by atoms with Crippen LogP contribution in [0, 0.1) is 0 Å². The van der Waals surface area contributed by atoms with E-state index in [4.69, 9.17) is 5.11 Å². The molecular weight excluding hydrogens is 244 g/mol. The second-order valence-corrected chi connectivity index (χ2v) is 4.90. The molecular formula is C13H16N4O2. The zero-order chi connectivity index (χ0) is 13.4. The fraction of sp³-hybridized carbons (Fsp3) is 0.385. The fourth-order valence-electron chi connectivity index (χ4n) is 2.43. The first-order valence-corrected chi connectivity index (χ1v) is 6.30. The number of hydrogen-bond acceptors (Lipinski definition) is 4. The number of nitrogens with one attached hydrogen (secondary N) is 1. The van der Waals surface area contributed by atoms with Crippen LogP contribution in [0.2, 0.25) is 0 Å². The standard InChI is InChI=1S/C13H16N4O2/c1-16-4-6-17(7-5-16)9-2-3-10-11(8-9)14-15-12(10)13(18)19/h2-3,8H,4-7H2,1H3,(H,14,15)(H,18,19). The molecule has 1 aliphatic heterocycles. The van der Waals surface area contributed by atoms with Crippen molar-refractivity contribution in [2.24, 2.45) is 0 Å². The zero-order valence-corrected chi connectivity index (χ0v) is 10.8. The van der Waals surface area contributed by atoms with Gasteiger partial charge in [-0.25, -0.2) is 4.79 Å². The van der Waals surface area contributed by atoms with Crippen LogP contribution in [-0.2, 0) is 0 Å². The maximum atomic E-state index is 11.0. The third-order valence-corrected chi connectivity index (χ3v) is 3.62. The Morgan fingerprint density at radius 2 is 2.05 bits per heavy atom. The molecule has 1 fully saturated rings. The van der Waals surface area contributed by atoms with E-state index in [1.54, 1.807) is 0 Å². The van der Waals surface area contributed by atoms with Crippen molar-refractivity contribution in [1.82, 2.24) is 15.1 Å². The molecule has 6 heteroatoms. The van der Waals surface area contributed by atoms with Gasteiger partial charge in [0.1, 0.15) is 0 Å². The van der Waals surface area contributed by atoms with Crippen LogP contribution in [0.15, 0.2) is 18.2 Å². The number of nitrogens with zero attached hydrogens (tertiary/aromatic N) is 3. The molecule has 19 heavy (non-hydrogen) atoms. The zero-order valence-electron chi connectivity index (χ0n) is 10.8. The monoisotopic (exact) mass is 260 g/mol.